The Kier molecular flexibility index (Phi) is 6.45. The first kappa shape index (κ1) is 21.4. The van der Waals surface area contributed by atoms with E-state index in [-0.39, 0.29) is 34.2 Å². The molecule has 0 saturated heterocycles. The van der Waals surface area contributed by atoms with Gasteiger partial charge in [-0.05, 0) is 25.1 Å². The minimum absolute atomic E-state index is 0.00522. The van der Waals surface area contributed by atoms with E-state index in [1.807, 2.05) is 0 Å². The second-order valence-corrected chi connectivity index (χ2v) is 7.96. The molecule has 2 aromatic rings. The lowest BCUT2D eigenvalue weighted by molar-refractivity contribution is 0.102. The van der Waals surface area contributed by atoms with Crippen LogP contribution < -0.4 is 19.1 Å². The highest BCUT2D eigenvalue weighted by molar-refractivity contribution is 7.92. The zero-order valence-corrected chi connectivity index (χ0v) is 16.6. The van der Waals surface area contributed by atoms with E-state index >= 15 is 0 Å². The summed E-state index contributed by atoms with van der Waals surface area (Å²) in [5, 5.41) is 2.42. The van der Waals surface area contributed by atoms with Gasteiger partial charge in [-0.2, -0.15) is 0 Å². The van der Waals surface area contributed by atoms with Crippen LogP contribution in [0.4, 0.5) is 20.2 Å². The van der Waals surface area contributed by atoms with E-state index in [0.29, 0.717) is 0 Å². The highest BCUT2D eigenvalue weighted by Gasteiger charge is 2.25. The van der Waals surface area contributed by atoms with Crippen molar-refractivity contribution < 1.29 is 31.5 Å². The molecule has 0 atom stereocenters. The maximum Gasteiger partial charge on any atom is 0.257 e. The Hall–Kier alpha value is -2.88. The van der Waals surface area contributed by atoms with Gasteiger partial charge in [-0.25, -0.2) is 17.2 Å². The lowest BCUT2D eigenvalue weighted by atomic mass is 10.1. The maximum absolute atomic E-state index is 13.4. The lowest BCUT2D eigenvalue weighted by Gasteiger charge is -2.23. The van der Waals surface area contributed by atoms with Crippen molar-refractivity contribution in [1.82, 2.24) is 0 Å². The number of halogens is 2. The zero-order valence-electron chi connectivity index (χ0n) is 15.7. The van der Waals surface area contributed by atoms with Gasteiger partial charge in [-0.15, -0.1) is 0 Å². The van der Waals surface area contributed by atoms with Gasteiger partial charge in [0, 0.05) is 24.9 Å². The summed E-state index contributed by atoms with van der Waals surface area (Å²) in [6.07, 6.45) is 0. The fraction of sp³-hybridized carbons (Fsp3) is 0.278. The van der Waals surface area contributed by atoms with Crippen LogP contribution in [-0.2, 0) is 10.0 Å². The van der Waals surface area contributed by atoms with Gasteiger partial charge in [0.15, 0.2) is 23.1 Å². The van der Waals surface area contributed by atoms with Gasteiger partial charge in [0.05, 0.1) is 31.2 Å². The largest absolute Gasteiger partial charge is 0.493 e. The number of benzene rings is 2. The standard InChI is InChI=1S/C18H20F2N2O5S/c1-5-28(24,25)22(2)15-10-17(27-4)16(26-3)9-12(15)18(23)21-11-6-7-13(19)14(20)8-11/h6-10H,5H2,1-4H3,(H,21,23). The average Bonchev–Trinajstić information content (AvgIpc) is 2.68. The van der Waals surface area contributed by atoms with Gasteiger partial charge >= 0.3 is 0 Å². The molecule has 0 aromatic heterocycles. The molecule has 0 saturated carbocycles. The van der Waals surface area contributed by atoms with Crippen molar-refractivity contribution in [3.8, 4) is 11.5 Å². The molecule has 2 rings (SSSR count). The number of hydrogen-bond acceptors (Lipinski definition) is 5. The van der Waals surface area contributed by atoms with E-state index < -0.39 is 27.6 Å². The summed E-state index contributed by atoms with van der Waals surface area (Å²) in [7, 11) is 0.345. The molecule has 0 spiro atoms. The van der Waals surface area contributed by atoms with Crippen LogP contribution in [0, 0.1) is 11.6 Å². The number of carbonyl (C=O) groups excluding carboxylic acids is 1. The highest BCUT2D eigenvalue weighted by atomic mass is 32.2. The monoisotopic (exact) mass is 414 g/mol. The summed E-state index contributed by atoms with van der Waals surface area (Å²) in [5.41, 5.74) is -0.00729. The van der Waals surface area contributed by atoms with Crippen LogP contribution in [0.1, 0.15) is 17.3 Å². The summed E-state index contributed by atoms with van der Waals surface area (Å²) in [6, 6.07) is 5.54. The Morgan fingerprint density at radius 3 is 2.21 bits per heavy atom. The Labute approximate surface area is 161 Å². The molecule has 7 nitrogen and oxygen atoms in total. The minimum Gasteiger partial charge on any atom is -0.493 e. The van der Waals surface area contributed by atoms with Crippen LogP contribution >= 0.6 is 0 Å². The molecule has 28 heavy (non-hydrogen) atoms. The van der Waals surface area contributed by atoms with Gasteiger partial charge in [0.1, 0.15) is 0 Å². The molecule has 10 heteroatoms. The van der Waals surface area contributed by atoms with Gasteiger partial charge in [-0.1, -0.05) is 0 Å². The number of ether oxygens (including phenoxy) is 2. The molecule has 2 aromatic carbocycles. The molecule has 0 heterocycles. The molecular formula is C18H20F2N2O5S. The van der Waals surface area contributed by atoms with E-state index in [9.17, 15) is 22.0 Å². The van der Waals surface area contributed by atoms with Crippen molar-refractivity contribution >= 4 is 27.3 Å². The van der Waals surface area contributed by atoms with Crippen molar-refractivity contribution in [1.29, 1.82) is 0 Å². The SMILES string of the molecule is CCS(=O)(=O)N(C)c1cc(OC)c(OC)cc1C(=O)Nc1ccc(F)c(F)c1. The molecule has 152 valence electrons. The first-order valence-corrected chi connectivity index (χ1v) is 9.74. The first-order chi connectivity index (χ1) is 13.1. The lowest BCUT2D eigenvalue weighted by Crippen LogP contribution is -2.30. The number of nitrogens with zero attached hydrogens (tertiary/aromatic N) is 1. The molecule has 1 amide bonds. The quantitative estimate of drug-likeness (QED) is 0.753. The van der Waals surface area contributed by atoms with Crippen LogP contribution in [0.5, 0.6) is 11.5 Å². The molecule has 0 unspecified atom stereocenters. The zero-order chi connectivity index (χ0) is 21.1. The van der Waals surface area contributed by atoms with E-state index in [2.05, 4.69) is 5.32 Å². The third-order valence-corrected chi connectivity index (χ3v) is 5.81. The van der Waals surface area contributed by atoms with Crippen molar-refractivity contribution in [2.45, 2.75) is 6.92 Å². The van der Waals surface area contributed by atoms with E-state index in [0.717, 1.165) is 16.4 Å². The van der Waals surface area contributed by atoms with Gasteiger partial charge in [0.25, 0.3) is 5.91 Å². The van der Waals surface area contributed by atoms with E-state index in [1.165, 1.54) is 46.4 Å². The normalized spacial score (nSPS) is 11.1. The maximum atomic E-state index is 13.4. The molecule has 0 aliphatic carbocycles. The Morgan fingerprint density at radius 1 is 1.07 bits per heavy atom. The summed E-state index contributed by atoms with van der Waals surface area (Å²) in [6.45, 7) is 1.47. The summed E-state index contributed by atoms with van der Waals surface area (Å²) in [5.74, 6) is -2.69. The summed E-state index contributed by atoms with van der Waals surface area (Å²) < 4.78 is 62.4. The van der Waals surface area contributed by atoms with Crippen molar-refractivity contribution in [3.63, 3.8) is 0 Å². The van der Waals surface area contributed by atoms with E-state index in [4.69, 9.17) is 9.47 Å². The second kappa shape index (κ2) is 8.42. The smallest absolute Gasteiger partial charge is 0.257 e. The molecule has 0 aliphatic heterocycles. The number of nitrogens with one attached hydrogen (secondary N) is 1. The van der Waals surface area contributed by atoms with Gasteiger partial charge in [0.2, 0.25) is 10.0 Å². The number of methoxy groups -OCH3 is 2. The van der Waals surface area contributed by atoms with Crippen LogP contribution in [0.3, 0.4) is 0 Å². The predicted molar refractivity (Wildman–Crippen MR) is 102 cm³/mol. The Morgan fingerprint density at radius 2 is 1.68 bits per heavy atom. The summed E-state index contributed by atoms with van der Waals surface area (Å²) >= 11 is 0. The number of rotatable bonds is 7. The molecule has 0 aliphatic rings. The molecular weight excluding hydrogens is 394 g/mol. The predicted octanol–water partition coefficient (Wildman–Crippen LogP) is 3.02. The van der Waals surface area contributed by atoms with Crippen LogP contribution in [0.15, 0.2) is 30.3 Å². The van der Waals surface area contributed by atoms with E-state index in [1.54, 1.807) is 0 Å². The van der Waals surface area contributed by atoms with Crippen molar-refractivity contribution in [2.24, 2.45) is 0 Å². The Bertz CT molecular complexity index is 996. The van der Waals surface area contributed by atoms with Gasteiger partial charge < -0.3 is 14.8 Å². The van der Waals surface area contributed by atoms with Crippen LogP contribution in [-0.4, -0.2) is 41.3 Å². The molecule has 0 bridgehead atoms. The number of carbonyl (C=O) groups is 1. The minimum atomic E-state index is -3.69. The third kappa shape index (κ3) is 4.33. The third-order valence-electron chi connectivity index (χ3n) is 4.05. The molecule has 0 fully saturated rings. The number of anilines is 2. The number of sulfonamides is 1. The highest BCUT2D eigenvalue weighted by Crippen LogP contribution is 2.36. The van der Waals surface area contributed by atoms with Gasteiger partial charge in [-0.3, -0.25) is 9.10 Å². The first-order valence-electron chi connectivity index (χ1n) is 8.13. The Balaban J connectivity index is 2.56. The molecule has 1 N–H and O–H groups in total. The second-order valence-electron chi connectivity index (χ2n) is 5.68. The fourth-order valence-corrected chi connectivity index (χ4v) is 3.26. The van der Waals surface area contributed by atoms with Crippen LogP contribution in [0.25, 0.3) is 0 Å². The fourth-order valence-electron chi connectivity index (χ4n) is 2.43. The molecule has 0 radical (unpaired) electrons. The van der Waals surface area contributed by atoms with Crippen molar-refractivity contribution in [2.75, 3.05) is 36.6 Å². The average molecular weight is 414 g/mol. The topological polar surface area (TPSA) is 84.9 Å². The number of amides is 1. The van der Waals surface area contributed by atoms with Crippen molar-refractivity contribution in [3.05, 3.63) is 47.5 Å². The summed E-state index contributed by atoms with van der Waals surface area (Å²) in [4.78, 5) is 12.8. The number of hydrogen-bond donors (Lipinski definition) is 1. The van der Waals surface area contributed by atoms with Crippen LogP contribution in [0.2, 0.25) is 0 Å².